The van der Waals surface area contributed by atoms with Crippen LogP contribution in [0.4, 0.5) is 0 Å². The number of epoxide rings is 1. The molecule has 1 aliphatic rings. The van der Waals surface area contributed by atoms with Crippen molar-refractivity contribution < 1.29 is 9.53 Å². The number of hydrogen-bond donors (Lipinski definition) is 0. The standard InChI is InChI=1S/C20H38O2/c1-16(2)9-6-10-17(3)11-7-12-18(4)13-8-14-20(5)19(15-21)22-20/h15-19H,6-14H2,1-5H3/t17?,18?,19-,20+/m1/s1. The van der Waals surface area contributed by atoms with E-state index >= 15 is 0 Å². The maximum absolute atomic E-state index is 10.7. The molecule has 0 radical (unpaired) electrons. The first-order chi connectivity index (χ1) is 10.4. The first-order valence-corrected chi connectivity index (χ1v) is 9.50. The summed E-state index contributed by atoms with van der Waals surface area (Å²) in [5.41, 5.74) is -0.133. The minimum atomic E-state index is -0.133. The Morgan fingerprint density at radius 2 is 1.41 bits per heavy atom. The van der Waals surface area contributed by atoms with Crippen molar-refractivity contribution in [2.45, 2.75) is 104 Å². The van der Waals surface area contributed by atoms with Gasteiger partial charge in [0.05, 0.1) is 5.60 Å². The molecule has 2 unspecified atom stereocenters. The second-order valence-corrected chi connectivity index (χ2v) is 8.35. The Kier molecular flexibility index (Phi) is 8.67. The summed E-state index contributed by atoms with van der Waals surface area (Å²) in [4.78, 5) is 10.7. The van der Waals surface area contributed by atoms with Gasteiger partial charge in [-0.2, -0.15) is 0 Å². The fraction of sp³-hybridized carbons (Fsp3) is 0.950. The molecule has 1 rings (SSSR count). The third kappa shape index (κ3) is 7.76. The van der Waals surface area contributed by atoms with Crippen molar-refractivity contribution in [3.63, 3.8) is 0 Å². The topological polar surface area (TPSA) is 29.6 Å². The SMILES string of the molecule is CC(C)CCCC(C)CCCC(C)CCC[C@]1(C)O[C@@H]1C=O. The van der Waals surface area contributed by atoms with Crippen molar-refractivity contribution in [3.8, 4) is 0 Å². The maximum Gasteiger partial charge on any atom is 0.151 e. The second kappa shape index (κ2) is 9.70. The molecule has 0 aliphatic carbocycles. The van der Waals surface area contributed by atoms with Gasteiger partial charge in [-0.15, -0.1) is 0 Å². The molecule has 130 valence electrons. The summed E-state index contributed by atoms with van der Waals surface area (Å²) in [7, 11) is 0. The highest BCUT2D eigenvalue weighted by Crippen LogP contribution is 2.39. The van der Waals surface area contributed by atoms with E-state index in [1.54, 1.807) is 0 Å². The summed E-state index contributed by atoms with van der Waals surface area (Å²) in [6.07, 6.45) is 12.6. The third-order valence-corrected chi connectivity index (χ3v) is 5.31. The van der Waals surface area contributed by atoms with Crippen molar-refractivity contribution in [1.82, 2.24) is 0 Å². The van der Waals surface area contributed by atoms with Crippen LogP contribution in [0.1, 0.15) is 92.4 Å². The van der Waals surface area contributed by atoms with E-state index in [0.717, 1.165) is 30.5 Å². The lowest BCUT2D eigenvalue weighted by Gasteiger charge is -2.15. The fourth-order valence-electron chi connectivity index (χ4n) is 3.41. The van der Waals surface area contributed by atoms with Gasteiger partial charge in [0.15, 0.2) is 6.29 Å². The molecule has 1 heterocycles. The molecule has 0 aromatic heterocycles. The van der Waals surface area contributed by atoms with Crippen LogP contribution in [0.15, 0.2) is 0 Å². The summed E-state index contributed by atoms with van der Waals surface area (Å²) >= 11 is 0. The Bertz CT molecular complexity index is 313. The normalized spacial score (nSPS) is 26.9. The number of ether oxygens (including phenoxy) is 1. The molecule has 1 saturated heterocycles. The van der Waals surface area contributed by atoms with Gasteiger partial charge in [-0.25, -0.2) is 0 Å². The smallest absolute Gasteiger partial charge is 0.151 e. The van der Waals surface area contributed by atoms with Crippen LogP contribution in [0.25, 0.3) is 0 Å². The minimum absolute atomic E-state index is 0.130. The van der Waals surface area contributed by atoms with E-state index in [9.17, 15) is 4.79 Å². The van der Waals surface area contributed by atoms with Gasteiger partial charge in [0.25, 0.3) is 0 Å². The molecule has 4 atom stereocenters. The molecule has 0 aromatic rings. The lowest BCUT2D eigenvalue weighted by Crippen LogP contribution is -2.11. The van der Waals surface area contributed by atoms with Gasteiger partial charge < -0.3 is 9.53 Å². The Morgan fingerprint density at radius 1 is 0.909 bits per heavy atom. The van der Waals surface area contributed by atoms with Crippen molar-refractivity contribution in [2.75, 3.05) is 0 Å². The number of aldehydes is 1. The molecule has 0 aromatic carbocycles. The van der Waals surface area contributed by atoms with Crippen molar-refractivity contribution in [1.29, 1.82) is 0 Å². The van der Waals surface area contributed by atoms with Crippen molar-refractivity contribution in [3.05, 3.63) is 0 Å². The first kappa shape index (κ1) is 19.7. The highest BCUT2D eigenvalue weighted by molar-refractivity contribution is 5.62. The van der Waals surface area contributed by atoms with Gasteiger partial charge in [-0.05, 0) is 31.1 Å². The van der Waals surface area contributed by atoms with Gasteiger partial charge in [-0.1, -0.05) is 79.1 Å². The van der Waals surface area contributed by atoms with E-state index in [0.29, 0.717) is 0 Å². The largest absolute Gasteiger partial charge is 0.358 e. The number of carbonyl (C=O) groups is 1. The quantitative estimate of drug-likeness (QED) is 0.319. The Morgan fingerprint density at radius 3 is 1.86 bits per heavy atom. The Hall–Kier alpha value is -0.370. The summed E-state index contributed by atoms with van der Waals surface area (Å²) in [6, 6.07) is 0. The monoisotopic (exact) mass is 310 g/mol. The molecule has 0 saturated carbocycles. The highest BCUT2D eigenvalue weighted by Gasteiger charge is 2.51. The zero-order valence-electron chi connectivity index (χ0n) is 15.6. The van der Waals surface area contributed by atoms with Crippen molar-refractivity contribution >= 4 is 6.29 Å². The van der Waals surface area contributed by atoms with E-state index in [2.05, 4.69) is 34.6 Å². The minimum Gasteiger partial charge on any atom is -0.358 e. The Labute approximate surface area is 138 Å². The lowest BCUT2D eigenvalue weighted by atomic mass is 9.91. The summed E-state index contributed by atoms with van der Waals surface area (Å²) in [5.74, 6) is 2.54. The van der Waals surface area contributed by atoms with Gasteiger partial charge >= 0.3 is 0 Å². The predicted molar refractivity (Wildman–Crippen MR) is 94.1 cm³/mol. The summed E-state index contributed by atoms with van der Waals surface area (Å²) in [6.45, 7) is 11.5. The molecule has 1 fully saturated rings. The average molecular weight is 311 g/mol. The third-order valence-electron chi connectivity index (χ3n) is 5.31. The van der Waals surface area contributed by atoms with Crippen LogP contribution < -0.4 is 0 Å². The van der Waals surface area contributed by atoms with Gasteiger partial charge in [0, 0.05) is 0 Å². The van der Waals surface area contributed by atoms with E-state index in [-0.39, 0.29) is 11.7 Å². The second-order valence-electron chi connectivity index (χ2n) is 8.35. The molecule has 22 heavy (non-hydrogen) atoms. The average Bonchev–Trinajstić information content (AvgIpc) is 3.09. The summed E-state index contributed by atoms with van der Waals surface area (Å²) < 4.78 is 5.43. The lowest BCUT2D eigenvalue weighted by molar-refractivity contribution is -0.108. The number of rotatable bonds is 13. The molecule has 0 amide bonds. The molecule has 0 bridgehead atoms. The van der Waals surface area contributed by atoms with Crippen LogP contribution in [-0.4, -0.2) is 18.0 Å². The maximum atomic E-state index is 10.7. The first-order valence-electron chi connectivity index (χ1n) is 9.50. The van der Waals surface area contributed by atoms with E-state index in [1.807, 2.05) is 0 Å². The molecular formula is C20H38O2. The van der Waals surface area contributed by atoms with E-state index in [4.69, 9.17) is 4.74 Å². The Balaban J connectivity index is 1.97. The molecule has 1 aliphatic heterocycles. The summed E-state index contributed by atoms with van der Waals surface area (Å²) in [5, 5.41) is 0. The van der Waals surface area contributed by atoms with E-state index in [1.165, 1.54) is 51.4 Å². The fourth-order valence-corrected chi connectivity index (χ4v) is 3.41. The van der Waals surface area contributed by atoms with Gasteiger partial charge in [0.2, 0.25) is 0 Å². The molecular weight excluding hydrogens is 272 g/mol. The van der Waals surface area contributed by atoms with Crippen LogP contribution in [0.2, 0.25) is 0 Å². The molecule has 2 heteroatoms. The number of hydrogen-bond acceptors (Lipinski definition) is 2. The molecule has 0 N–H and O–H groups in total. The van der Waals surface area contributed by atoms with Crippen LogP contribution >= 0.6 is 0 Å². The molecule has 0 spiro atoms. The van der Waals surface area contributed by atoms with Crippen LogP contribution in [0.5, 0.6) is 0 Å². The molecule has 2 nitrogen and oxygen atoms in total. The van der Waals surface area contributed by atoms with Crippen LogP contribution in [0.3, 0.4) is 0 Å². The van der Waals surface area contributed by atoms with Gasteiger partial charge in [0.1, 0.15) is 6.10 Å². The zero-order chi connectivity index (χ0) is 16.6. The van der Waals surface area contributed by atoms with Crippen LogP contribution in [-0.2, 0) is 9.53 Å². The van der Waals surface area contributed by atoms with Gasteiger partial charge in [-0.3, -0.25) is 0 Å². The zero-order valence-corrected chi connectivity index (χ0v) is 15.6. The van der Waals surface area contributed by atoms with Crippen LogP contribution in [0, 0.1) is 17.8 Å². The predicted octanol–water partition coefficient (Wildman–Crippen LogP) is 5.78. The van der Waals surface area contributed by atoms with Crippen molar-refractivity contribution in [2.24, 2.45) is 17.8 Å². The van der Waals surface area contributed by atoms with E-state index < -0.39 is 0 Å². The highest BCUT2D eigenvalue weighted by atomic mass is 16.6. The number of carbonyl (C=O) groups excluding carboxylic acids is 1.